The Balaban J connectivity index is 1.53. The Morgan fingerprint density at radius 3 is 2.83 bits per heavy atom. The first kappa shape index (κ1) is 16.2. The fourth-order valence-electron chi connectivity index (χ4n) is 2.45. The maximum absolute atomic E-state index is 12.1. The zero-order chi connectivity index (χ0) is 16.4. The number of hydrogen-bond acceptors (Lipinski definition) is 3. The van der Waals surface area contributed by atoms with Gasteiger partial charge in [-0.15, -0.1) is 11.3 Å². The normalized spacial score (nSPS) is 12.6. The molecule has 3 rings (SSSR count). The second kappa shape index (κ2) is 6.86. The predicted octanol–water partition coefficient (Wildman–Crippen LogP) is 3.83. The lowest BCUT2D eigenvalue weighted by Crippen LogP contribution is -2.43. The topological polar surface area (TPSA) is 53.2 Å². The third-order valence-electron chi connectivity index (χ3n) is 3.69. The van der Waals surface area contributed by atoms with Crippen LogP contribution in [0.2, 0.25) is 5.02 Å². The van der Waals surface area contributed by atoms with Crippen molar-refractivity contribution in [3.8, 4) is 0 Å². The first-order chi connectivity index (χ1) is 11.0. The van der Waals surface area contributed by atoms with Gasteiger partial charge in [0.05, 0.1) is 4.88 Å². The fourth-order valence-corrected chi connectivity index (χ4v) is 3.95. The quantitative estimate of drug-likeness (QED) is 0.559. The Morgan fingerprint density at radius 1 is 1.26 bits per heavy atom. The van der Waals surface area contributed by atoms with Crippen LogP contribution in [0.1, 0.15) is 32.1 Å². The van der Waals surface area contributed by atoms with Gasteiger partial charge in [0.2, 0.25) is 0 Å². The number of hydrazine groups is 1. The highest BCUT2D eigenvalue weighted by Gasteiger charge is 2.18. The molecule has 0 saturated carbocycles. The number of aryl methyl sites for hydroxylation is 3. The van der Waals surface area contributed by atoms with Crippen molar-refractivity contribution in [1.29, 1.82) is 0 Å². The van der Waals surface area contributed by atoms with Crippen LogP contribution in [-0.4, -0.2) is 11.0 Å². The van der Waals surface area contributed by atoms with E-state index < -0.39 is 0 Å². The van der Waals surface area contributed by atoms with Crippen molar-refractivity contribution in [1.82, 2.24) is 10.9 Å². The zero-order valence-corrected chi connectivity index (χ0v) is 14.9. The molecule has 1 heterocycles. The summed E-state index contributed by atoms with van der Waals surface area (Å²) in [5.41, 5.74) is 8.39. The minimum atomic E-state index is -0.171. The predicted molar refractivity (Wildman–Crippen MR) is 99.4 cm³/mol. The van der Waals surface area contributed by atoms with Crippen LogP contribution in [0, 0.1) is 6.92 Å². The number of nitrogens with one attached hydrogen (secondary N) is 3. The summed E-state index contributed by atoms with van der Waals surface area (Å²) in [6.07, 6.45) is 3.34. The minimum Gasteiger partial charge on any atom is -0.331 e. The lowest BCUT2D eigenvalue weighted by molar-refractivity contribution is 0.0948. The Hall–Kier alpha value is -1.63. The molecule has 23 heavy (non-hydrogen) atoms. The maximum Gasteiger partial charge on any atom is 0.279 e. The second-order valence-corrected chi connectivity index (χ2v) is 7.36. The van der Waals surface area contributed by atoms with Crippen molar-refractivity contribution in [3.63, 3.8) is 0 Å². The molecule has 4 nitrogen and oxygen atoms in total. The highest BCUT2D eigenvalue weighted by atomic mass is 35.5. The van der Waals surface area contributed by atoms with Crippen LogP contribution in [0.25, 0.3) is 0 Å². The zero-order valence-electron chi connectivity index (χ0n) is 12.5. The molecule has 1 aliphatic rings. The number of carbonyl (C=O) groups excluding carboxylic acids is 1. The van der Waals surface area contributed by atoms with E-state index in [0.29, 0.717) is 15.0 Å². The Kier molecular flexibility index (Phi) is 4.84. The van der Waals surface area contributed by atoms with Gasteiger partial charge in [-0.3, -0.25) is 15.6 Å². The Labute approximate surface area is 149 Å². The fraction of sp³-hybridized carbons (Fsp3) is 0.250. The SMILES string of the molecule is Cc1ccc(NC(=S)NNC(=O)c2cc3c(s2)CCC3)cc1Cl. The van der Waals surface area contributed by atoms with Crippen LogP contribution in [-0.2, 0) is 12.8 Å². The van der Waals surface area contributed by atoms with E-state index in [9.17, 15) is 4.79 Å². The van der Waals surface area contributed by atoms with Gasteiger partial charge in [0.15, 0.2) is 5.11 Å². The molecule has 0 saturated heterocycles. The number of fused-ring (bicyclic) bond motifs is 1. The lowest BCUT2D eigenvalue weighted by Gasteiger charge is -2.11. The molecule has 1 aliphatic carbocycles. The number of amides is 1. The largest absolute Gasteiger partial charge is 0.331 e. The number of carbonyl (C=O) groups is 1. The van der Waals surface area contributed by atoms with Crippen LogP contribution >= 0.6 is 35.2 Å². The summed E-state index contributed by atoms with van der Waals surface area (Å²) in [4.78, 5) is 14.2. The lowest BCUT2D eigenvalue weighted by atomic mass is 10.2. The highest BCUT2D eigenvalue weighted by Crippen LogP contribution is 2.30. The summed E-state index contributed by atoms with van der Waals surface area (Å²) in [6.45, 7) is 1.93. The van der Waals surface area contributed by atoms with Crippen molar-refractivity contribution >= 4 is 51.9 Å². The van der Waals surface area contributed by atoms with E-state index in [2.05, 4.69) is 16.2 Å². The van der Waals surface area contributed by atoms with Gasteiger partial charge in [-0.25, -0.2) is 0 Å². The monoisotopic (exact) mass is 365 g/mol. The number of rotatable bonds is 2. The third-order valence-corrected chi connectivity index (χ3v) is 5.54. The smallest absolute Gasteiger partial charge is 0.279 e. The molecule has 1 aromatic carbocycles. The number of anilines is 1. The summed E-state index contributed by atoms with van der Waals surface area (Å²) < 4.78 is 0. The maximum atomic E-state index is 12.1. The van der Waals surface area contributed by atoms with E-state index >= 15 is 0 Å². The summed E-state index contributed by atoms with van der Waals surface area (Å²) >= 11 is 12.8. The molecule has 7 heteroatoms. The Morgan fingerprint density at radius 2 is 2.09 bits per heavy atom. The van der Waals surface area contributed by atoms with Gasteiger partial charge in [0.1, 0.15) is 0 Å². The highest BCUT2D eigenvalue weighted by molar-refractivity contribution is 7.80. The molecule has 120 valence electrons. The summed E-state index contributed by atoms with van der Waals surface area (Å²) in [7, 11) is 0. The van der Waals surface area contributed by atoms with Crippen LogP contribution in [0.3, 0.4) is 0 Å². The van der Waals surface area contributed by atoms with Crippen molar-refractivity contribution in [3.05, 3.63) is 50.2 Å². The molecule has 0 atom stereocenters. The number of thiophene rings is 1. The summed E-state index contributed by atoms with van der Waals surface area (Å²) in [6, 6.07) is 7.54. The van der Waals surface area contributed by atoms with Gasteiger partial charge in [-0.2, -0.15) is 0 Å². The van der Waals surface area contributed by atoms with Gasteiger partial charge >= 0.3 is 0 Å². The van der Waals surface area contributed by atoms with Crippen LogP contribution in [0.4, 0.5) is 5.69 Å². The first-order valence-electron chi connectivity index (χ1n) is 7.28. The van der Waals surface area contributed by atoms with Gasteiger partial charge in [-0.05, 0) is 67.7 Å². The van der Waals surface area contributed by atoms with Gasteiger partial charge < -0.3 is 5.32 Å². The van der Waals surface area contributed by atoms with Crippen LogP contribution < -0.4 is 16.2 Å². The van der Waals surface area contributed by atoms with E-state index in [1.807, 2.05) is 25.1 Å². The molecule has 0 spiro atoms. The molecule has 0 fully saturated rings. The van der Waals surface area contributed by atoms with Crippen molar-refractivity contribution < 1.29 is 4.79 Å². The molecule has 0 aliphatic heterocycles. The number of benzene rings is 1. The number of hydrogen-bond donors (Lipinski definition) is 3. The summed E-state index contributed by atoms with van der Waals surface area (Å²) in [5, 5.41) is 3.95. The molecule has 3 N–H and O–H groups in total. The van der Waals surface area contributed by atoms with E-state index in [0.717, 1.165) is 24.1 Å². The van der Waals surface area contributed by atoms with Crippen molar-refractivity contribution in [2.75, 3.05) is 5.32 Å². The molecule has 0 radical (unpaired) electrons. The number of thiocarbonyl (C=S) groups is 1. The Bertz CT molecular complexity index is 751. The average molecular weight is 366 g/mol. The van der Waals surface area contributed by atoms with Gasteiger partial charge in [-0.1, -0.05) is 17.7 Å². The van der Waals surface area contributed by atoms with Crippen molar-refractivity contribution in [2.45, 2.75) is 26.2 Å². The molecule has 1 amide bonds. The molecular formula is C16H16ClN3OS2. The second-order valence-electron chi connectivity index (χ2n) is 5.41. The molecule has 0 unspecified atom stereocenters. The summed E-state index contributed by atoms with van der Waals surface area (Å²) in [5.74, 6) is -0.171. The van der Waals surface area contributed by atoms with E-state index in [1.54, 1.807) is 17.4 Å². The van der Waals surface area contributed by atoms with Gasteiger partial charge in [0, 0.05) is 15.6 Å². The van der Waals surface area contributed by atoms with E-state index in [1.165, 1.54) is 16.9 Å². The van der Waals surface area contributed by atoms with Gasteiger partial charge in [0.25, 0.3) is 5.91 Å². The number of halogens is 1. The molecule has 2 aromatic rings. The van der Waals surface area contributed by atoms with Crippen LogP contribution in [0.15, 0.2) is 24.3 Å². The van der Waals surface area contributed by atoms with Crippen molar-refractivity contribution in [2.24, 2.45) is 0 Å². The molecule has 0 bridgehead atoms. The van der Waals surface area contributed by atoms with Crippen LogP contribution in [0.5, 0.6) is 0 Å². The molecular weight excluding hydrogens is 350 g/mol. The van der Waals surface area contributed by atoms with E-state index in [-0.39, 0.29) is 5.91 Å². The average Bonchev–Trinajstić information content (AvgIpc) is 3.10. The standard InChI is InChI=1S/C16H16ClN3OS2/c1-9-5-6-11(8-12(9)17)18-16(22)20-19-15(21)14-7-10-3-2-4-13(10)23-14/h5-8H,2-4H2,1H3,(H,19,21)(H2,18,20,22). The minimum absolute atomic E-state index is 0.171. The third kappa shape index (κ3) is 3.83. The first-order valence-corrected chi connectivity index (χ1v) is 8.88. The van der Waals surface area contributed by atoms with E-state index in [4.69, 9.17) is 23.8 Å². The molecule has 1 aromatic heterocycles.